The Bertz CT molecular complexity index is 579. The van der Waals surface area contributed by atoms with E-state index in [1.54, 1.807) is 30.3 Å². The minimum atomic E-state index is -0.303. The van der Waals surface area contributed by atoms with Crippen LogP contribution in [0.15, 0.2) is 42.5 Å². The standard InChI is InChI=1S/C14H13NO3/c15-8-10-6-11(13(17)7-12(10)16)14(18)9-4-2-1-3-5-9/h1-7,16-17H,8,15H2. The Kier molecular flexibility index (Phi) is 3.30. The second kappa shape index (κ2) is 4.89. The lowest BCUT2D eigenvalue weighted by Crippen LogP contribution is -2.04. The molecule has 0 atom stereocenters. The maximum absolute atomic E-state index is 12.2. The topological polar surface area (TPSA) is 83.6 Å². The molecule has 4 nitrogen and oxygen atoms in total. The summed E-state index contributed by atoms with van der Waals surface area (Å²) in [7, 11) is 0. The predicted molar refractivity (Wildman–Crippen MR) is 67.5 cm³/mol. The highest BCUT2D eigenvalue weighted by Gasteiger charge is 2.16. The Labute approximate surface area is 104 Å². The summed E-state index contributed by atoms with van der Waals surface area (Å²) < 4.78 is 0. The van der Waals surface area contributed by atoms with Crippen LogP contribution in [0.3, 0.4) is 0 Å². The van der Waals surface area contributed by atoms with Gasteiger partial charge in [0.1, 0.15) is 11.5 Å². The molecule has 0 fully saturated rings. The van der Waals surface area contributed by atoms with E-state index in [0.717, 1.165) is 6.07 Å². The number of rotatable bonds is 3. The zero-order valence-corrected chi connectivity index (χ0v) is 9.63. The van der Waals surface area contributed by atoms with Gasteiger partial charge in [-0.2, -0.15) is 0 Å². The van der Waals surface area contributed by atoms with E-state index in [9.17, 15) is 15.0 Å². The van der Waals surface area contributed by atoms with Crippen LogP contribution in [0.4, 0.5) is 0 Å². The van der Waals surface area contributed by atoms with Crippen molar-refractivity contribution in [1.29, 1.82) is 0 Å². The quantitative estimate of drug-likeness (QED) is 0.717. The average Bonchev–Trinajstić information content (AvgIpc) is 2.39. The second-order valence-electron chi connectivity index (χ2n) is 3.90. The molecule has 18 heavy (non-hydrogen) atoms. The largest absolute Gasteiger partial charge is 0.507 e. The number of aromatic hydroxyl groups is 2. The Morgan fingerprint density at radius 2 is 1.72 bits per heavy atom. The van der Waals surface area contributed by atoms with Crippen LogP contribution in [0.1, 0.15) is 21.5 Å². The van der Waals surface area contributed by atoms with Crippen molar-refractivity contribution in [2.24, 2.45) is 5.73 Å². The highest BCUT2D eigenvalue weighted by atomic mass is 16.3. The summed E-state index contributed by atoms with van der Waals surface area (Å²) in [5, 5.41) is 19.2. The first-order chi connectivity index (χ1) is 8.63. The van der Waals surface area contributed by atoms with Gasteiger partial charge in [0.05, 0.1) is 5.56 Å². The van der Waals surface area contributed by atoms with Crippen LogP contribution in [0.25, 0.3) is 0 Å². The average molecular weight is 243 g/mol. The number of nitrogens with two attached hydrogens (primary N) is 1. The highest BCUT2D eigenvalue weighted by Crippen LogP contribution is 2.28. The van der Waals surface area contributed by atoms with Gasteiger partial charge in [-0.3, -0.25) is 4.79 Å². The molecule has 0 aliphatic heterocycles. The van der Waals surface area contributed by atoms with Gasteiger partial charge < -0.3 is 15.9 Å². The van der Waals surface area contributed by atoms with Crippen LogP contribution in [0, 0.1) is 0 Å². The fraction of sp³-hybridized carbons (Fsp3) is 0.0714. The van der Waals surface area contributed by atoms with E-state index in [0.29, 0.717) is 11.1 Å². The monoisotopic (exact) mass is 243 g/mol. The van der Waals surface area contributed by atoms with Crippen molar-refractivity contribution in [2.75, 3.05) is 0 Å². The van der Waals surface area contributed by atoms with E-state index in [2.05, 4.69) is 0 Å². The molecule has 0 spiro atoms. The SMILES string of the molecule is NCc1cc(C(=O)c2ccccc2)c(O)cc1O. The molecule has 0 unspecified atom stereocenters. The predicted octanol–water partition coefficient (Wildman–Crippen LogP) is 1.79. The van der Waals surface area contributed by atoms with Crippen molar-refractivity contribution >= 4 is 5.78 Å². The first-order valence-electron chi connectivity index (χ1n) is 5.48. The van der Waals surface area contributed by atoms with Gasteiger partial charge in [0.25, 0.3) is 0 Å². The third-order valence-electron chi connectivity index (χ3n) is 2.70. The molecule has 4 heteroatoms. The smallest absolute Gasteiger partial charge is 0.196 e. The van der Waals surface area contributed by atoms with E-state index in [-0.39, 0.29) is 29.4 Å². The van der Waals surface area contributed by atoms with Crippen LogP contribution < -0.4 is 5.73 Å². The first kappa shape index (κ1) is 12.1. The van der Waals surface area contributed by atoms with Gasteiger partial charge in [0.15, 0.2) is 5.78 Å². The van der Waals surface area contributed by atoms with Crippen molar-refractivity contribution in [2.45, 2.75) is 6.54 Å². The summed E-state index contributed by atoms with van der Waals surface area (Å²) in [5.74, 6) is -0.666. The molecule has 0 bridgehead atoms. The van der Waals surface area contributed by atoms with E-state index in [1.807, 2.05) is 0 Å². The van der Waals surface area contributed by atoms with E-state index in [4.69, 9.17) is 5.73 Å². The molecule has 2 aromatic rings. The molecule has 4 N–H and O–H groups in total. The molecule has 92 valence electrons. The van der Waals surface area contributed by atoms with Crippen LogP contribution in [-0.2, 0) is 6.54 Å². The van der Waals surface area contributed by atoms with Gasteiger partial charge in [-0.25, -0.2) is 0 Å². The number of carbonyl (C=O) groups excluding carboxylic acids is 1. The van der Waals surface area contributed by atoms with Crippen LogP contribution in [0.5, 0.6) is 11.5 Å². The van der Waals surface area contributed by atoms with Crippen molar-refractivity contribution in [1.82, 2.24) is 0 Å². The number of hydrogen-bond donors (Lipinski definition) is 3. The molecular weight excluding hydrogens is 230 g/mol. The van der Waals surface area contributed by atoms with Gasteiger partial charge in [0.2, 0.25) is 0 Å². The van der Waals surface area contributed by atoms with E-state index in [1.165, 1.54) is 6.07 Å². The van der Waals surface area contributed by atoms with Crippen molar-refractivity contribution in [3.8, 4) is 11.5 Å². The lowest BCUT2D eigenvalue weighted by molar-refractivity contribution is 0.103. The van der Waals surface area contributed by atoms with Gasteiger partial charge in [0, 0.05) is 23.7 Å². The van der Waals surface area contributed by atoms with Crippen LogP contribution >= 0.6 is 0 Å². The highest BCUT2D eigenvalue weighted by molar-refractivity contribution is 6.10. The Morgan fingerprint density at radius 3 is 2.33 bits per heavy atom. The summed E-state index contributed by atoms with van der Waals surface area (Å²) >= 11 is 0. The zero-order chi connectivity index (χ0) is 13.1. The van der Waals surface area contributed by atoms with Crippen molar-refractivity contribution < 1.29 is 15.0 Å². The summed E-state index contributed by atoms with van der Waals surface area (Å²) in [6, 6.07) is 11.2. The lowest BCUT2D eigenvalue weighted by Gasteiger charge is -2.08. The normalized spacial score (nSPS) is 10.3. The molecule has 0 heterocycles. The zero-order valence-electron chi connectivity index (χ0n) is 9.63. The number of phenolic OH excluding ortho intramolecular Hbond substituents is 2. The molecular formula is C14H13NO3. The van der Waals surface area contributed by atoms with Gasteiger partial charge in [-0.15, -0.1) is 0 Å². The molecule has 0 aliphatic rings. The number of carbonyl (C=O) groups is 1. The van der Waals surface area contributed by atoms with E-state index >= 15 is 0 Å². The Morgan fingerprint density at radius 1 is 1.06 bits per heavy atom. The third-order valence-corrected chi connectivity index (χ3v) is 2.70. The summed E-state index contributed by atoms with van der Waals surface area (Å²) in [6.07, 6.45) is 0. The van der Waals surface area contributed by atoms with Crippen molar-refractivity contribution in [3.63, 3.8) is 0 Å². The maximum atomic E-state index is 12.2. The summed E-state index contributed by atoms with van der Waals surface area (Å²) in [6.45, 7) is 0.0984. The van der Waals surface area contributed by atoms with Gasteiger partial charge in [-0.05, 0) is 6.07 Å². The van der Waals surface area contributed by atoms with Crippen LogP contribution in [-0.4, -0.2) is 16.0 Å². The third kappa shape index (κ3) is 2.19. The molecule has 0 aromatic heterocycles. The maximum Gasteiger partial charge on any atom is 0.196 e. The lowest BCUT2D eigenvalue weighted by atomic mass is 10.00. The molecule has 0 aliphatic carbocycles. The molecule has 2 rings (SSSR count). The molecule has 0 saturated heterocycles. The van der Waals surface area contributed by atoms with Gasteiger partial charge in [-0.1, -0.05) is 30.3 Å². The summed E-state index contributed by atoms with van der Waals surface area (Å²) in [5.41, 5.74) is 6.49. The van der Waals surface area contributed by atoms with Crippen LogP contribution in [0.2, 0.25) is 0 Å². The van der Waals surface area contributed by atoms with Crippen molar-refractivity contribution in [3.05, 3.63) is 59.2 Å². The van der Waals surface area contributed by atoms with E-state index < -0.39 is 0 Å². The Balaban J connectivity index is 2.48. The Hall–Kier alpha value is -2.33. The molecule has 0 radical (unpaired) electrons. The number of hydrogen-bond acceptors (Lipinski definition) is 4. The minimum absolute atomic E-state index is 0.0984. The fourth-order valence-electron chi connectivity index (χ4n) is 1.71. The molecule has 0 saturated carbocycles. The van der Waals surface area contributed by atoms with Gasteiger partial charge >= 0.3 is 0 Å². The molecule has 0 amide bonds. The first-order valence-corrected chi connectivity index (χ1v) is 5.48. The fourth-order valence-corrected chi connectivity index (χ4v) is 1.71. The second-order valence-corrected chi connectivity index (χ2v) is 3.90. The summed E-state index contributed by atoms with van der Waals surface area (Å²) in [4.78, 5) is 12.2. The minimum Gasteiger partial charge on any atom is -0.507 e. The molecule has 2 aromatic carbocycles. The number of benzene rings is 2. The number of phenols is 2. The number of ketones is 1.